The lowest BCUT2D eigenvalue weighted by atomic mass is 10.1. The fourth-order valence-electron chi connectivity index (χ4n) is 2.55. The molecule has 0 spiro atoms. The topological polar surface area (TPSA) is 65.4 Å². The summed E-state index contributed by atoms with van der Waals surface area (Å²) < 4.78 is 43.9. The van der Waals surface area contributed by atoms with E-state index in [9.17, 15) is 18.0 Å². The van der Waals surface area contributed by atoms with Crippen LogP contribution in [0.4, 0.5) is 18.9 Å². The van der Waals surface area contributed by atoms with Crippen LogP contribution in [-0.2, 0) is 15.7 Å². The van der Waals surface area contributed by atoms with Gasteiger partial charge in [-0.15, -0.1) is 0 Å². The van der Waals surface area contributed by atoms with E-state index in [4.69, 9.17) is 10.00 Å². The largest absolute Gasteiger partial charge is 0.417 e. The molecule has 8 heteroatoms. The Kier molecular flexibility index (Phi) is 5.34. The fraction of sp³-hybridized carbons (Fsp3) is 0.500. The summed E-state index contributed by atoms with van der Waals surface area (Å²) in [5, 5.41) is 11.8. The standard InChI is InChI=1S/C16H18F3N3O2/c1-22(2)15(23)14-6-4-12(24-14)9-21-11-3-5-13(16(17,18)19)10(7-11)8-20/h3,5,7,12,14,21H,4,6,9H2,1-2H3. The van der Waals surface area contributed by atoms with Gasteiger partial charge < -0.3 is 15.0 Å². The van der Waals surface area contributed by atoms with Gasteiger partial charge in [0.15, 0.2) is 0 Å². The molecule has 1 aromatic carbocycles. The molecule has 1 aliphatic rings. The first-order valence-electron chi connectivity index (χ1n) is 7.44. The minimum absolute atomic E-state index is 0.0983. The van der Waals surface area contributed by atoms with Gasteiger partial charge in [-0.3, -0.25) is 4.79 Å². The lowest BCUT2D eigenvalue weighted by molar-refractivity contribution is -0.140. The molecule has 130 valence electrons. The molecule has 24 heavy (non-hydrogen) atoms. The number of anilines is 1. The van der Waals surface area contributed by atoms with Gasteiger partial charge in [-0.1, -0.05) is 0 Å². The van der Waals surface area contributed by atoms with Crippen molar-refractivity contribution in [3.63, 3.8) is 0 Å². The second-order valence-electron chi connectivity index (χ2n) is 5.81. The summed E-state index contributed by atoms with van der Waals surface area (Å²) in [6.07, 6.45) is -3.94. The minimum atomic E-state index is -4.56. The predicted octanol–water partition coefficient (Wildman–Crippen LogP) is 2.62. The van der Waals surface area contributed by atoms with Crippen molar-refractivity contribution in [1.29, 1.82) is 5.26 Å². The van der Waals surface area contributed by atoms with Crippen LogP contribution in [0.3, 0.4) is 0 Å². The molecule has 1 heterocycles. The van der Waals surface area contributed by atoms with Crippen LogP contribution in [0.2, 0.25) is 0 Å². The van der Waals surface area contributed by atoms with Gasteiger partial charge in [-0.25, -0.2) is 0 Å². The molecule has 1 N–H and O–H groups in total. The van der Waals surface area contributed by atoms with Crippen molar-refractivity contribution in [3.05, 3.63) is 29.3 Å². The third kappa shape index (κ3) is 4.17. The molecule has 2 rings (SSSR count). The summed E-state index contributed by atoms with van der Waals surface area (Å²) in [6.45, 7) is 0.355. The fourth-order valence-corrected chi connectivity index (χ4v) is 2.55. The quantitative estimate of drug-likeness (QED) is 0.914. The number of hydrogen-bond donors (Lipinski definition) is 1. The van der Waals surface area contributed by atoms with Crippen LogP contribution in [0.15, 0.2) is 18.2 Å². The molecular weight excluding hydrogens is 323 g/mol. The van der Waals surface area contributed by atoms with Gasteiger partial charge in [0.25, 0.3) is 5.91 Å². The number of ether oxygens (including phenoxy) is 1. The number of amides is 1. The van der Waals surface area contributed by atoms with E-state index in [1.165, 1.54) is 17.0 Å². The number of benzene rings is 1. The lowest BCUT2D eigenvalue weighted by Crippen LogP contribution is -2.34. The van der Waals surface area contributed by atoms with Crippen LogP contribution in [0.1, 0.15) is 24.0 Å². The summed E-state index contributed by atoms with van der Waals surface area (Å²) in [5.74, 6) is -0.0983. The van der Waals surface area contributed by atoms with Gasteiger partial charge in [-0.2, -0.15) is 18.4 Å². The Balaban J connectivity index is 1.96. The molecular formula is C16H18F3N3O2. The number of nitrogens with zero attached hydrogens (tertiary/aromatic N) is 2. The van der Waals surface area contributed by atoms with Gasteiger partial charge in [0, 0.05) is 26.3 Å². The molecule has 1 aliphatic heterocycles. The molecule has 1 aromatic rings. The molecule has 0 aliphatic carbocycles. The van der Waals surface area contributed by atoms with E-state index < -0.39 is 23.4 Å². The first kappa shape index (κ1) is 18.1. The van der Waals surface area contributed by atoms with Gasteiger partial charge in [0.05, 0.1) is 23.3 Å². The number of hydrogen-bond acceptors (Lipinski definition) is 4. The Morgan fingerprint density at radius 3 is 2.71 bits per heavy atom. The number of rotatable bonds is 4. The number of carbonyl (C=O) groups is 1. The Morgan fingerprint density at radius 2 is 2.12 bits per heavy atom. The SMILES string of the molecule is CN(C)C(=O)C1CCC(CNc2ccc(C(F)(F)F)c(C#N)c2)O1. The average Bonchev–Trinajstić information content (AvgIpc) is 2.99. The highest BCUT2D eigenvalue weighted by atomic mass is 19.4. The van der Waals surface area contributed by atoms with Crippen LogP contribution in [0.5, 0.6) is 0 Å². The highest BCUT2D eigenvalue weighted by molar-refractivity contribution is 5.80. The number of halogens is 3. The Bertz CT molecular complexity index is 653. The van der Waals surface area contributed by atoms with E-state index in [1.54, 1.807) is 20.2 Å². The van der Waals surface area contributed by atoms with E-state index >= 15 is 0 Å². The monoisotopic (exact) mass is 341 g/mol. The van der Waals surface area contributed by atoms with E-state index in [0.717, 1.165) is 6.07 Å². The summed E-state index contributed by atoms with van der Waals surface area (Å²) in [7, 11) is 3.31. The van der Waals surface area contributed by atoms with Crippen LogP contribution < -0.4 is 5.32 Å². The second-order valence-corrected chi connectivity index (χ2v) is 5.81. The van der Waals surface area contributed by atoms with Crippen molar-refractivity contribution in [2.45, 2.75) is 31.2 Å². The molecule has 1 fully saturated rings. The number of alkyl halides is 3. The van der Waals surface area contributed by atoms with Crippen LogP contribution in [-0.4, -0.2) is 43.7 Å². The third-order valence-electron chi connectivity index (χ3n) is 3.80. The molecule has 1 saturated heterocycles. The van der Waals surface area contributed by atoms with E-state index in [2.05, 4.69) is 5.32 Å². The number of nitrogens with one attached hydrogen (secondary N) is 1. The lowest BCUT2D eigenvalue weighted by Gasteiger charge is -2.18. The van der Waals surface area contributed by atoms with E-state index in [0.29, 0.717) is 25.1 Å². The number of carbonyl (C=O) groups excluding carboxylic acids is 1. The van der Waals surface area contributed by atoms with Crippen LogP contribution >= 0.6 is 0 Å². The first-order valence-corrected chi connectivity index (χ1v) is 7.44. The molecule has 0 bridgehead atoms. The summed E-state index contributed by atoms with van der Waals surface area (Å²) >= 11 is 0. The molecule has 0 radical (unpaired) electrons. The number of likely N-dealkylation sites (N-methyl/N-ethyl adjacent to an activating group) is 1. The smallest absolute Gasteiger partial charge is 0.382 e. The van der Waals surface area contributed by atoms with Gasteiger partial charge in [0.1, 0.15) is 6.10 Å². The van der Waals surface area contributed by atoms with Gasteiger partial charge in [-0.05, 0) is 31.0 Å². The normalized spacial score (nSPS) is 20.5. The van der Waals surface area contributed by atoms with Crippen molar-refractivity contribution in [1.82, 2.24) is 4.90 Å². The predicted molar refractivity (Wildman–Crippen MR) is 81.2 cm³/mol. The Morgan fingerprint density at radius 1 is 1.42 bits per heavy atom. The molecule has 1 amide bonds. The van der Waals surface area contributed by atoms with Crippen molar-refractivity contribution >= 4 is 11.6 Å². The Labute approximate surface area is 138 Å². The maximum Gasteiger partial charge on any atom is 0.417 e. The summed E-state index contributed by atoms with van der Waals surface area (Å²) in [6, 6.07) is 4.89. The zero-order valence-electron chi connectivity index (χ0n) is 13.4. The van der Waals surface area contributed by atoms with Crippen molar-refractivity contribution in [3.8, 4) is 6.07 Å². The van der Waals surface area contributed by atoms with Crippen LogP contribution in [0.25, 0.3) is 0 Å². The number of nitriles is 1. The average molecular weight is 341 g/mol. The van der Waals surface area contributed by atoms with Crippen molar-refractivity contribution < 1.29 is 22.7 Å². The first-order chi connectivity index (χ1) is 11.2. The van der Waals surface area contributed by atoms with Crippen molar-refractivity contribution in [2.75, 3.05) is 26.0 Å². The second kappa shape index (κ2) is 7.09. The minimum Gasteiger partial charge on any atom is -0.382 e. The summed E-state index contributed by atoms with van der Waals surface area (Å²) in [5.41, 5.74) is -0.977. The maximum absolute atomic E-state index is 12.8. The highest BCUT2D eigenvalue weighted by Crippen LogP contribution is 2.33. The zero-order valence-corrected chi connectivity index (χ0v) is 13.4. The van der Waals surface area contributed by atoms with Gasteiger partial charge in [0.2, 0.25) is 0 Å². The molecule has 0 aromatic heterocycles. The Hall–Kier alpha value is -2.27. The molecule has 5 nitrogen and oxygen atoms in total. The maximum atomic E-state index is 12.8. The van der Waals surface area contributed by atoms with Crippen LogP contribution in [0, 0.1) is 11.3 Å². The zero-order chi connectivity index (χ0) is 17.9. The van der Waals surface area contributed by atoms with Crippen molar-refractivity contribution in [2.24, 2.45) is 0 Å². The molecule has 2 unspecified atom stereocenters. The third-order valence-corrected chi connectivity index (χ3v) is 3.80. The van der Waals surface area contributed by atoms with Gasteiger partial charge >= 0.3 is 6.18 Å². The highest BCUT2D eigenvalue weighted by Gasteiger charge is 2.34. The summed E-state index contributed by atoms with van der Waals surface area (Å²) in [4.78, 5) is 13.3. The molecule has 0 saturated carbocycles. The molecule has 2 atom stereocenters. The van der Waals surface area contributed by atoms with E-state index in [-0.39, 0.29) is 12.0 Å². The van der Waals surface area contributed by atoms with E-state index in [1.807, 2.05) is 0 Å².